The third kappa shape index (κ3) is 7.00. The van der Waals surface area contributed by atoms with Crippen LogP contribution in [0.1, 0.15) is 19.4 Å². The molecule has 1 fully saturated rings. The van der Waals surface area contributed by atoms with Gasteiger partial charge in [-0.2, -0.15) is 0 Å². The highest BCUT2D eigenvalue weighted by Crippen LogP contribution is 2.39. The number of rotatable bonds is 9. The molecule has 1 aliphatic rings. The van der Waals surface area contributed by atoms with E-state index in [2.05, 4.69) is 5.32 Å². The lowest BCUT2D eigenvalue weighted by molar-refractivity contribution is -0.149. The summed E-state index contributed by atoms with van der Waals surface area (Å²) in [6.45, 7) is 2.56. The Hall–Kier alpha value is -3.50. The molecule has 11 heteroatoms. The van der Waals surface area contributed by atoms with Gasteiger partial charge in [0.2, 0.25) is 0 Å². The molecule has 0 aromatic heterocycles. The fourth-order valence-electron chi connectivity index (χ4n) is 3.04. The monoisotopic (exact) mass is 518 g/mol. The highest BCUT2D eigenvalue weighted by atomic mass is 35.5. The first-order valence-electron chi connectivity index (χ1n) is 10.5. The van der Waals surface area contributed by atoms with Gasteiger partial charge >= 0.3 is 5.97 Å². The van der Waals surface area contributed by atoms with Crippen LogP contribution in [0.5, 0.6) is 11.5 Å². The molecule has 0 atom stereocenters. The van der Waals surface area contributed by atoms with Gasteiger partial charge in [-0.05, 0) is 61.5 Å². The molecule has 0 radical (unpaired) electrons. The normalized spacial score (nSPS) is 14.4. The molecule has 1 aliphatic heterocycles. The smallest absolute Gasteiger partial charge is 0.326 e. The number of halogens is 1. The van der Waals surface area contributed by atoms with Crippen LogP contribution in [-0.4, -0.2) is 54.3 Å². The van der Waals surface area contributed by atoms with E-state index >= 15 is 0 Å². The van der Waals surface area contributed by atoms with Gasteiger partial charge in [0.25, 0.3) is 17.1 Å². The Kier molecular flexibility index (Phi) is 8.78. The summed E-state index contributed by atoms with van der Waals surface area (Å²) >= 11 is 7.06. The van der Waals surface area contributed by atoms with Crippen LogP contribution in [0.15, 0.2) is 47.4 Å². The molecule has 0 bridgehead atoms. The molecule has 1 saturated heterocycles. The first-order valence-corrected chi connectivity index (χ1v) is 11.7. The van der Waals surface area contributed by atoms with Crippen LogP contribution in [0.4, 0.5) is 10.5 Å². The lowest BCUT2D eigenvalue weighted by atomic mass is 10.1. The standard InChI is InChI=1S/C24H23ClN2O7S/c1-14(2)34-21(29)12-27-23(30)19(35-24(27)31)11-15-9-17(25)22(18(10-15)32-3)33-13-20(28)26-16-7-5-4-6-8-16/h4-11,14H,12-13H2,1-3H3,(H,26,28)/b19-11-. The summed E-state index contributed by atoms with van der Waals surface area (Å²) in [5.74, 6) is -1.29. The zero-order valence-corrected chi connectivity index (χ0v) is 20.8. The van der Waals surface area contributed by atoms with Crippen LogP contribution in [0.25, 0.3) is 6.08 Å². The van der Waals surface area contributed by atoms with Crippen molar-refractivity contribution in [1.82, 2.24) is 4.90 Å². The fourth-order valence-corrected chi connectivity index (χ4v) is 4.15. The largest absolute Gasteiger partial charge is 0.493 e. The number of nitrogens with zero attached hydrogens (tertiary/aromatic N) is 1. The Morgan fingerprint density at radius 2 is 1.89 bits per heavy atom. The summed E-state index contributed by atoms with van der Waals surface area (Å²) in [5, 5.41) is 2.26. The molecule has 1 heterocycles. The first-order chi connectivity index (χ1) is 16.7. The van der Waals surface area contributed by atoms with Crippen LogP contribution in [-0.2, 0) is 19.1 Å². The summed E-state index contributed by atoms with van der Waals surface area (Å²) in [4.78, 5) is 49.9. The lowest BCUT2D eigenvalue weighted by Gasteiger charge is -2.14. The number of benzene rings is 2. The maximum absolute atomic E-state index is 12.7. The van der Waals surface area contributed by atoms with Crippen molar-refractivity contribution in [3.05, 3.63) is 58.0 Å². The third-order valence-electron chi connectivity index (χ3n) is 4.48. The second kappa shape index (κ2) is 11.8. The summed E-state index contributed by atoms with van der Waals surface area (Å²) in [5.41, 5.74) is 1.09. The Bertz CT molecular complexity index is 1170. The second-order valence-corrected chi connectivity index (χ2v) is 8.94. The number of carbonyl (C=O) groups is 4. The summed E-state index contributed by atoms with van der Waals surface area (Å²) < 4.78 is 15.9. The number of hydrogen-bond acceptors (Lipinski definition) is 8. The molecule has 0 unspecified atom stereocenters. The number of para-hydroxylation sites is 1. The van der Waals surface area contributed by atoms with Crippen molar-refractivity contribution in [2.75, 3.05) is 25.6 Å². The van der Waals surface area contributed by atoms with Gasteiger partial charge < -0.3 is 19.5 Å². The van der Waals surface area contributed by atoms with Crippen molar-refractivity contribution in [2.24, 2.45) is 0 Å². The molecule has 35 heavy (non-hydrogen) atoms. The third-order valence-corrected chi connectivity index (χ3v) is 5.67. The maximum atomic E-state index is 12.7. The van der Waals surface area contributed by atoms with Gasteiger partial charge in [-0.15, -0.1) is 0 Å². The molecular formula is C24H23ClN2O7S. The minimum atomic E-state index is -0.675. The summed E-state index contributed by atoms with van der Waals surface area (Å²) in [6, 6.07) is 12.0. The molecule has 0 saturated carbocycles. The highest BCUT2D eigenvalue weighted by Gasteiger charge is 2.37. The average molecular weight is 519 g/mol. The van der Waals surface area contributed by atoms with Gasteiger partial charge in [-0.1, -0.05) is 29.8 Å². The predicted octanol–water partition coefficient (Wildman–Crippen LogP) is 4.35. The molecule has 0 aliphatic carbocycles. The minimum absolute atomic E-state index is 0.112. The number of ether oxygens (including phenoxy) is 3. The first kappa shape index (κ1) is 26.1. The molecule has 3 amide bonds. The number of hydrogen-bond donors (Lipinski definition) is 1. The zero-order valence-electron chi connectivity index (χ0n) is 19.2. The molecule has 2 aromatic rings. The number of carbonyl (C=O) groups excluding carboxylic acids is 4. The van der Waals surface area contributed by atoms with E-state index in [1.807, 2.05) is 6.07 Å². The lowest BCUT2D eigenvalue weighted by Crippen LogP contribution is -2.35. The van der Waals surface area contributed by atoms with E-state index in [4.69, 9.17) is 25.8 Å². The van der Waals surface area contributed by atoms with Gasteiger partial charge in [0, 0.05) is 5.69 Å². The Morgan fingerprint density at radius 1 is 1.17 bits per heavy atom. The van der Waals surface area contributed by atoms with E-state index in [9.17, 15) is 19.2 Å². The number of methoxy groups -OCH3 is 1. The molecular weight excluding hydrogens is 496 g/mol. The second-order valence-electron chi connectivity index (χ2n) is 7.54. The molecule has 184 valence electrons. The number of anilines is 1. The van der Waals surface area contributed by atoms with Crippen molar-refractivity contribution in [3.63, 3.8) is 0 Å². The van der Waals surface area contributed by atoms with Gasteiger partial charge in [-0.25, -0.2) is 0 Å². The van der Waals surface area contributed by atoms with E-state index in [1.165, 1.54) is 19.3 Å². The Morgan fingerprint density at radius 3 is 2.54 bits per heavy atom. The van der Waals surface area contributed by atoms with Crippen LogP contribution in [0, 0.1) is 0 Å². The topological polar surface area (TPSA) is 111 Å². The predicted molar refractivity (Wildman–Crippen MR) is 132 cm³/mol. The van der Waals surface area contributed by atoms with Gasteiger partial charge in [-0.3, -0.25) is 24.1 Å². The Labute approximate surface area is 211 Å². The summed E-state index contributed by atoms with van der Waals surface area (Å²) in [6.07, 6.45) is 1.09. The van der Waals surface area contributed by atoms with E-state index in [0.29, 0.717) is 23.0 Å². The molecule has 0 spiro atoms. The quantitative estimate of drug-likeness (QED) is 0.385. The zero-order chi connectivity index (χ0) is 25.5. The number of imide groups is 1. The maximum Gasteiger partial charge on any atom is 0.326 e. The average Bonchev–Trinajstić information content (AvgIpc) is 3.05. The Balaban J connectivity index is 1.71. The van der Waals surface area contributed by atoms with Crippen molar-refractivity contribution in [1.29, 1.82) is 0 Å². The van der Waals surface area contributed by atoms with Gasteiger partial charge in [0.15, 0.2) is 18.1 Å². The van der Waals surface area contributed by atoms with E-state index in [-0.39, 0.29) is 40.0 Å². The summed E-state index contributed by atoms with van der Waals surface area (Å²) in [7, 11) is 1.40. The van der Waals surface area contributed by atoms with Crippen molar-refractivity contribution in [2.45, 2.75) is 20.0 Å². The fraction of sp³-hybridized carbons (Fsp3) is 0.250. The van der Waals surface area contributed by atoms with Crippen LogP contribution in [0.3, 0.4) is 0 Å². The van der Waals surface area contributed by atoms with Crippen LogP contribution >= 0.6 is 23.4 Å². The van der Waals surface area contributed by atoms with Crippen molar-refractivity contribution >= 4 is 58.1 Å². The minimum Gasteiger partial charge on any atom is -0.493 e. The molecule has 2 aromatic carbocycles. The van der Waals surface area contributed by atoms with E-state index in [1.54, 1.807) is 44.2 Å². The SMILES string of the molecule is COc1cc(/C=C2\SC(=O)N(CC(=O)OC(C)C)C2=O)cc(Cl)c1OCC(=O)Nc1ccccc1. The van der Waals surface area contributed by atoms with Gasteiger partial charge in [0.05, 0.1) is 23.1 Å². The molecule has 1 N–H and O–H groups in total. The molecule has 9 nitrogen and oxygen atoms in total. The van der Waals surface area contributed by atoms with Crippen molar-refractivity contribution < 1.29 is 33.4 Å². The number of amides is 3. The van der Waals surface area contributed by atoms with Crippen LogP contribution in [0.2, 0.25) is 5.02 Å². The number of thioether (sulfide) groups is 1. The molecule has 3 rings (SSSR count). The van der Waals surface area contributed by atoms with Crippen LogP contribution < -0.4 is 14.8 Å². The van der Waals surface area contributed by atoms with Crippen molar-refractivity contribution in [3.8, 4) is 11.5 Å². The highest BCUT2D eigenvalue weighted by molar-refractivity contribution is 8.18. The van der Waals surface area contributed by atoms with E-state index in [0.717, 1.165) is 4.90 Å². The number of nitrogens with one attached hydrogen (secondary N) is 1. The van der Waals surface area contributed by atoms with Gasteiger partial charge in [0.1, 0.15) is 6.54 Å². The number of esters is 1. The van der Waals surface area contributed by atoms with E-state index < -0.39 is 23.7 Å².